The number of H-pyrrole nitrogens is 1. The van der Waals surface area contributed by atoms with Crippen molar-refractivity contribution < 1.29 is 0 Å². The molecular formula is C16H15N7. The summed E-state index contributed by atoms with van der Waals surface area (Å²) in [5, 5.41) is 16.1. The summed E-state index contributed by atoms with van der Waals surface area (Å²) in [7, 11) is 1.97. The Kier molecular flexibility index (Phi) is 2.47. The van der Waals surface area contributed by atoms with Crippen molar-refractivity contribution in [1.82, 2.24) is 29.9 Å². The van der Waals surface area contributed by atoms with Crippen LogP contribution in [-0.2, 0) is 7.05 Å². The monoisotopic (exact) mass is 305 g/mol. The minimum Gasteiger partial charge on any atom is -0.339 e. The van der Waals surface area contributed by atoms with E-state index in [1.165, 1.54) is 12.8 Å². The highest BCUT2D eigenvalue weighted by molar-refractivity contribution is 5.90. The molecule has 0 radical (unpaired) electrons. The number of aryl methyl sites for hydroxylation is 1. The van der Waals surface area contributed by atoms with Crippen LogP contribution in [0.3, 0.4) is 0 Å². The molecule has 0 spiro atoms. The fourth-order valence-electron chi connectivity index (χ4n) is 2.95. The number of anilines is 2. The maximum atomic E-state index is 4.64. The van der Waals surface area contributed by atoms with Gasteiger partial charge in [-0.15, -0.1) is 0 Å². The lowest BCUT2D eigenvalue weighted by Crippen LogP contribution is -1.94. The molecule has 7 nitrogen and oxygen atoms in total. The molecule has 0 saturated heterocycles. The van der Waals surface area contributed by atoms with Crippen LogP contribution < -0.4 is 5.32 Å². The van der Waals surface area contributed by atoms with E-state index >= 15 is 0 Å². The first kappa shape index (κ1) is 12.6. The third kappa shape index (κ3) is 1.97. The van der Waals surface area contributed by atoms with Gasteiger partial charge in [0.15, 0.2) is 5.65 Å². The van der Waals surface area contributed by atoms with Gasteiger partial charge >= 0.3 is 0 Å². The molecule has 7 heteroatoms. The molecule has 4 aromatic heterocycles. The molecule has 0 amide bonds. The molecule has 1 aliphatic carbocycles. The van der Waals surface area contributed by atoms with Crippen LogP contribution in [0.1, 0.15) is 24.5 Å². The molecule has 1 aliphatic rings. The number of pyridine rings is 2. The number of hydrogen-bond donors (Lipinski definition) is 2. The first-order chi connectivity index (χ1) is 11.3. The molecule has 114 valence electrons. The smallest absolute Gasteiger partial charge is 0.183 e. The average Bonchev–Trinajstić information content (AvgIpc) is 3.27. The van der Waals surface area contributed by atoms with Crippen molar-refractivity contribution >= 4 is 33.6 Å². The van der Waals surface area contributed by atoms with Crippen LogP contribution in [-0.4, -0.2) is 29.9 Å². The maximum absolute atomic E-state index is 4.64. The number of hydrogen-bond acceptors (Lipinski definition) is 5. The molecule has 0 unspecified atom stereocenters. The molecule has 0 atom stereocenters. The summed E-state index contributed by atoms with van der Waals surface area (Å²) in [6, 6.07) is 5.95. The molecule has 4 heterocycles. The summed E-state index contributed by atoms with van der Waals surface area (Å²) in [6.07, 6.45) is 6.02. The average molecular weight is 305 g/mol. The Morgan fingerprint density at radius 3 is 3.09 bits per heavy atom. The SMILES string of the molecule is Cn1nc(C2CC2)c2ncc(Nc3[nH]nc4ncccc34)cc21. The number of aromatic nitrogens is 6. The summed E-state index contributed by atoms with van der Waals surface area (Å²) < 4.78 is 1.91. The predicted octanol–water partition coefficient (Wildman–Crippen LogP) is 2.86. The predicted molar refractivity (Wildman–Crippen MR) is 87.7 cm³/mol. The molecule has 4 aromatic rings. The van der Waals surface area contributed by atoms with Crippen LogP contribution in [0.4, 0.5) is 11.5 Å². The van der Waals surface area contributed by atoms with Crippen molar-refractivity contribution in [2.75, 3.05) is 5.32 Å². The second kappa shape index (κ2) is 4.52. The van der Waals surface area contributed by atoms with Crippen molar-refractivity contribution in [1.29, 1.82) is 0 Å². The Hall–Kier alpha value is -2.96. The van der Waals surface area contributed by atoms with E-state index in [4.69, 9.17) is 0 Å². The van der Waals surface area contributed by atoms with Crippen LogP contribution >= 0.6 is 0 Å². The highest BCUT2D eigenvalue weighted by Crippen LogP contribution is 2.42. The van der Waals surface area contributed by atoms with Crippen LogP contribution in [0.5, 0.6) is 0 Å². The van der Waals surface area contributed by atoms with E-state index in [0.717, 1.165) is 33.6 Å². The standard InChI is InChI=1S/C16H15N7/c1-23-12-7-10(8-18-14(12)13(22-23)9-4-5-9)19-16-11-3-2-6-17-15(11)20-21-16/h2-3,6-9H,4-5H2,1H3,(H2,17,19,20,21). The van der Waals surface area contributed by atoms with Crippen molar-refractivity contribution in [2.45, 2.75) is 18.8 Å². The van der Waals surface area contributed by atoms with Gasteiger partial charge in [-0.3, -0.25) is 14.8 Å². The Morgan fingerprint density at radius 1 is 1.30 bits per heavy atom. The highest BCUT2D eigenvalue weighted by atomic mass is 15.3. The van der Waals surface area contributed by atoms with Crippen LogP contribution in [0, 0.1) is 0 Å². The molecule has 1 fully saturated rings. The lowest BCUT2D eigenvalue weighted by molar-refractivity contribution is 0.767. The Morgan fingerprint density at radius 2 is 2.22 bits per heavy atom. The fourth-order valence-corrected chi connectivity index (χ4v) is 2.95. The van der Waals surface area contributed by atoms with Gasteiger partial charge in [-0.25, -0.2) is 4.98 Å². The van der Waals surface area contributed by atoms with E-state index in [0.29, 0.717) is 11.6 Å². The van der Waals surface area contributed by atoms with Gasteiger partial charge in [0.05, 0.1) is 28.5 Å². The van der Waals surface area contributed by atoms with E-state index in [9.17, 15) is 0 Å². The van der Waals surface area contributed by atoms with Gasteiger partial charge < -0.3 is 5.32 Å². The number of fused-ring (bicyclic) bond motifs is 2. The molecule has 1 saturated carbocycles. The second-order valence-electron chi connectivity index (χ2n) is 5.97. The molecule has 2 N–H and O–H groups in total. The zero-order chi connectivity index (χ0) is 15.4. The highest BCUT2D eigenvalue weighted by Gasteiger charge is 2.29. The molecule has 23 heavy (non-hydrogen) atoms. The Labute approximate surface area is 131 Å². The van der Waals surface area contributed by atoms with Crippen LogP contribution in [0.15, 0.2) is 30.6 Å². The zero-order valence-electron chi connectivity index (χ0n) is 12.6. The number of rotatable bonds is 3. The van der Waals surface area contributed by atoms with Gasteiger partial charge in [-0.2, -0.15) is 10.2 Å². The van der Waals surface area contributed by atoms with E-state index in [1.807, 2.05) is 30.1 Å². The topological polar surface area (TPSA) is 84.3 Å². The third-order valence-electron chi connectivity index (χ3n) is 4.28. The summed E-state index contributed by atoms with van der Waals surface area (Å²) in [5.41, 5.74) is 4.78. The van der Waals surface area contributed by atoms with E-state index < -0.39 is 0 Å². The molecule has 5 rings (SSSR count). The number of nitrogens with one attached hydrogen (secondary N) is 2. The first-order valence-electron chi connectivity index (χ1n) is 7.68. The molecule has 0 aromatic carbocycles. The number of aromatic amines is 1. The second-order valence-corrected chi connectivity index (χ2v) is 5.97. The van der Waals surface area contributed by atoms with Crippen molar-refractivity contribution in [3.05, 3.63) is 36.3 Å². The lowest BCUT2D eigenvalue weighted by atomic mass is 10.2. The van der Waals surface area contributed by atoms with Gasteiger partial charge in [0, 0.05) is 19.2 Å². The van der Waals surface area contributed by atoms with Crippen LogP contribution in [0.25, 0.3) is 22.1 Å². The van der Waals surface area contributed by atoms with Crippen molar-refractivity contribution in [3.8, 4) is 0 Å². The van der Waals surface area contributed by atoms with E-state index in [1.54, 1.807) is 6.20 Å². The summed E-state index contributed by atoms with van der Waals surface area (Å²) in [4.78, 5) is 8.85. The Bertz CT molecular complexity index is 1030. The van der Waals surface area contributed by atoms with Gasteiger partial charge in [-0.1, -0.05) is 0 Å². The van der Waals surface area contributed by atoms with Gasteiger partial charge in [-0.05, 0) is 31.0 Å². The van der Waals surface area contributed by atoms with Gasteiger partial charge in [0.25, 0.3) is 0 Å². The summed E-state index contributed by atoms with van der Waals surface area (Å²) in [5.74, 6) is 1.41. The molecular weight excluding hydrogens is 290 g/mol. The van der Waals surface area contributed by atoms with E-state index in [2.05, 4.69) is 36.6 Å². The maximum Gasteiger partial charge on any atom is 0.183 e. The van der Waals surface area contributed by atoms with E-state index in [-0.39, 0.29) is 0 Å². The van der Waals surface area contributed by atoms with Gasteiger partial charge in [0.1, 0.15) is 11.3 Å². The summed E-state index contributed by atoms with van der Waals surface area (Å²) in [6.45, 7) is 0. The minimum atomic E-state index is 0.590. The minimum absolute atomic E-state index is 0.590. The third-order valence-corrected chi connectivity index (χ3v) is 4.28. The summed E-state index contributed by atoms with van der Waals surface area (Å²) >= 11 is 0. The van der Waals surface area contributed by atoms with Crippen LogP contribution in [0.2, 0.25) is 0 Å². The molecule has 0 bridgehead atoms. The van der Waals surface area contributed by atoms with Gasteiger partial charge in [0.2, 0.25) is 0 Å². The van der Waals surface area contributed by atoms with Crippen molar-refractivity contribution in [3.63, 3.8) is 0 Å². The Balaban J connectivity index is 1.57. The zero-order valence-corrected chi connectivity index (χ0v) is 12.6. The fraction of sp³-hybridized carbons (Fsp3) is 0.250. The van der Waals surface area contributed by atoms with Crippen molar-refractivity contribution in [2.24, 2.45) is 7.05 Å². The number of nitrogens with zero attached hydrogens (tertiary/aromatic N) is 5. The first-order valence-corrected chi connectivity index (χ1v) is 7.68. The largest absolute Gasteiger partial charge is 0.339 e. The molecule has 0 aliphatic heterocycles. The quantitative estimate of drug-likeness (QED) is 0.608. The lowest BCUT2D eigenvalue weighted by Gasteiger charge is -2.04. The normalized spacial score (nSPS) is 14.7.